The van der Waals surface area contributed by atoms with Gasteiger partial charge in [0.2, 0.25) is 17.0 Å². The number of hydrogen-bond donors (Lipinski definition) is 2. The van der Waals surface area contributed by atoms with Crippen LogP contribution in [-0.4, -0.2) is 21.8 Å². The summed E-state index contributed by atoms with van der Waals surface area (Å²) in [6.07, 6.45) is 3.69. The van der Waals surface area contributed by atoms with E-state index < -0.39 is 28.2 Å². The number of rotatable bonds is 4. The molecule has 0 saturated carbocycles. The number of phenols is 2. The van der Waals surface area contributed by atoms with Crippen molar-refractivity contribution < 1.29 is 24.2 Å². The number of Topliss-reactive ketones (excluding diaryl/α,β-unsaturated/α-hetero) is 2. The lowest BCUT2D eigenvalue weighted by Gasteiger charge is -2.34. The fourth-order valence-electron chi connectivity index (χ4n) is 3.78. The molecule has 0 fully saturated rings. The van der Waals surface area contributed by atoms with Crippen LogP contribution < -0.4 is 5.43 Å². The van der Waals surface area contributed by atoms with Crippen LogP contribution in [0.2, 0.25) is 0 Å². The van der Waals surface area contributed by atoms with Crippen LogP contribution in [-0.2, 0) is 21.4 Å². The van der Waals surface area contributed by atoms with E-state index in [1.165, 1.54) is 6.07 Å². The number of carbonyl (C=O) groups excluding carboxylic acids is 2. The van der Waals surface area contributed by atoms with Crippen LogP contribution in [0.3, 0.4) is 0 Å². The van der Waals surface area contributed by atoms with Crippen molar-refractivity contribution in [3.63, 3.8) is 0 Å². The van der Waals surface area contributed by atoms with Gasteiger partial charge in [0.1, 0.15) is 28.2 Å². The molecule has 1 aromatic carbocycles. The molecule has 0 bridgehead atoms. The summed E-state index contributed by atoms with van der Waals surface area (Å²) in [4.78, 5) is 39.2. The molecule has 0 aliphatic heterocycles. The summed E-state index contributed by atoms with van der Waals surface area (Å²) >= 11 is 0. The van der Waals surface area contributed by atoms with Gasteiger partial charge in [-0.05, 0) is 40.5 Å². The maximum atomic E-state index is 13.5. The minimum absolute atomic E-state index is 0.0215. The van der Waals surface area contributed by atoms with Gasteiger partial charge in [0, 0.05) is 12.1 Å². The summed E-state index contributed by atoms with van der Waals surface area (Å²) in [7, 11) is 0. The first-order valence-corrected chi connectivity index (χ1v) is 9.43. The lowest BCUT2D eigenvalue weighted by atomic mass is 9.65. The maximum absolute atomic E-state index is 13.5. The Bertz CT molecular complexity index is 1120. The summed E-state index contributed by atoms with van der Waals surface area (Å²) in [6, 6.07) is 2.26. The monoisotopic (exact) mass is 396 g/mol. The topological polar surface area (TPSA) is 105 Å². The quantitative estimate of drug-likeness (QED) is 0.601. The van der Waals surface area contributed by atoms with Crippen LogP contribution in [0.15, 0.2) is 44.6 Å². The van der Waals surface area contributed by atoms with Crippen LogP contribution in [0.4, 0.5) is 0 Å². The molecule has 0 saturated heterocycles. The van der Waals surface area contributed by atoms with Gasteiger partial charge in [0.25, 0.3) is 0 Å². The van der Waals surface area contributed by atoms with Crippen LogP contribution in [0.25, 0.3) is 11.0 Å². The molecule has 2 aromatic rings. The second-order valence-corrected chi connectivity index (χ2v) is 8.05. The molecule has 6 heteroatoms. The summed E-state index contributed by atoms with van der Waals surface area (Å²) < 4.78 is 5.78. The number of hydrogen-bond acceptors (Lipinski definition) is 6. The molecule has 2 N–H and O–H groups in total. The Morgan fingerprint density at radius 1 is 1.03 bits per heavy atom. The van der Waals surface area contributed by atoms with E-state index in [1.54, 1.807) is 0 Å². The Hall–Kier alpha value is -3.15. The molecule has 6 nitrogen and oxygen atoms in total. The Balaban J connectivity index is 2.44. The van der Waals surface area contributed by atoms with Crippen molar-refractivity contribution in [2.24, 2.45) is 0 Å². The van der Waals surface area contributed by atoms with Gasteiger partial charge in [-0.25, -0.2) is 0 Å². The first-order valence-electron chi connectivity index (χ1n) is 9.43. The summed E-state index contributed by atoms with van der Waals surface area (Å²) in [5, 5.41) is 19.9. The van der Waals surface area contributed by atoms with Crippen LogP contribution >= 0.6 is 0 Å². The number of aromatic hydroxyl groups is 2. The number of fused-ring (bicyclic) bond motifs is 2. The molecule has 0 unspecified atom stereocenters. The molecule has 0 spiro atoms. The molecule has 1 aliphatic rings. The Kier molecular flexibility index (Phi) is 5.22. The maximum Gasteiger partial charge on any atom is 0.210 e. The van der Waals surface area contributed by atoms with E-state index in [1.807, 2.05) is 39.8 Å². The molecule has 152 valence electrons. The van der Waals surface area contributed by atoms with Crippen LogP contribution in [0.1, 0.15) is 51.9 Å². The first kappa shape index (κ1) is 20.6. The molecule has 0 amide bonds. The zero-order chi connectivity index (χ0) is 21.5. The third kappa shape index (κ3) is 3.50. The number of benzene rings is 1. The normalized spacial score (nSPS) is 15.2. The van der Waals surface area contributed by atoms with Gasteiger partial charge in [-0.1, -0.05) is 23.3 Å². The Morgan fingerprint density at radius 3 is 2.17 bits per heavy atom. The third-order valence-corrected chi connectivity index (χ3v) is 5.24. The molecule has 1 heterocycles. The first-order chi connectivity index (χ1) is 13.6. The molecule has 1 aromatic heterocycles. The number of ketones is 2. The van der Waals surface area contributed by atoms with Crippen LogP contribution in [0, 0.1) is 0 Å². The lowest BCUT2D eigenvalue weighted by Crippen LogP contribution is -2.48. The molecule has 0 atom stereocenters. The largest absolute Gasteiger partial charge is 0.508 e. The highest BCUT2D eigenvalue weighted by molar-refractivity contribution is 6.42. The van der Waals surface area contributed by atoms with Crippen molar-refractivity contribution in [2.45, 2.75) is 52.4 Å². The Labute approximate surface area is 168 Å². The molecule has 0 radical (unpaired) electrons. The number of allylic oxidation sites excluding steroid dienone is 4. The van der Waals surface area contributed by atoms with E-state index >= 15 is 0 Å². The highest BCUT2D eigenvalue weighted by Gasteiger charge is 2.50. The fraction of sp³-hybridized carbons (Fsp3) is 0.348. The molecule has 3 rings (SSSR count). The summed E-state index contributed by atoms with van der Waals surface area (Å²) in [5.41, 5.74) is 0.0539. The SMILES string of the molecule is CC(C)=CCC1(CC=C(C)C)C(=O)C(=O)Cc2oc3cc(O)cc(O)c3c(=O)c21. The van der Waals surface area contributed by atoms with Gasteiger partial charge >= 0.3 is 0 Å². The Morgan fingerprint density at radius 2 is 1.62 bits per heavy atom. The molecular formula is C23H24O6. The highest BCUT2D eigenvalue weighted by atomic mass is 16.3. The van der Waals surface area contributed by atoms with Crippen LogP contribution in [0.5, 0.6) is 11.5 Å². The van der Waals surface area contributed by atoms with Crippen molar-refractivity contribution in [2.75, 3.05) is 0 Å². The number of carbonyl (C=O) groups is 2. The minimum atomic E-state index is -1.39. The van der Waals surface area contributed by atoms with Gasteiger partial charge in [-0.15, -0.1) is 0 Å². The average Bonchev–Trinajstić information content (AvgIpc) is 2.60. The van der Waals surface area contributed by atoms with Crippen molar-refractivity contribution >= 4 is 22.5 Å². The van der Waals surface area contributed by atoms with Gasteiger partial charge < -0.3 is 14.6 Å². The van der Waals surface area contributed by atoms with Crippen molar-refractivity contribution in [3.8, 4) is 11.5 Å². The molecule has 1 aliphatic carbocycles. The third-order valence-electron chi connectivity index (χ3n) is 5.24. The average molecular weight is 396 g/mol. The smallest absolute Gasteiger partial charge is 0.210 e. The van der Waals surface area contributed by atoms with Crippen molar-refractivity contribution in [3.05, 3.63) is 57.0 Å². The van der Waals surface area contributed by atoms with E-state index in [0.717, 1.165) is 17.2 Å². The van der Waals surface area contributed by atoms with Crippen molar-refractivity contribution in [1.82, 2.24) is 0 Å². The fourth-order valence-corrected chi connectivity index (χ4v) is 3.78. The standard InChI is InChI=1S/C23H24O6/c1-12(2)5-7-23(8-6-13(3)4)20-18(11-16(26)22(23)28)29-17-10-14(24)9-15(25)19(17)21(20)27/h5-6,9-10,24-25H,7-8,11H2,1-4H3. The van der Waals surface area contributed by atoms with Gasteiger partial charge in [0.15, 0.2) is 0 Å². The van der Waals surface area contributed by atoms with E-state index in [9.17, 15) is 24.6 Å². The van der Waals surface area contributed by atoms with E-state index in [-0.39, 0.29) is 47.3 Å². The molecular weight excluding hydrogens is 372 g/mol. The van der Waals surface area contributed by atoms with Gasteiger partial charge in [0.05, 0.1) is 17.4 Å². The second-order valence-electron chi connectivity index (χ2n) is 8.05. The molecule has 29 heavy (non-hydrogen) atoms. The number of phenolic OH excluding ortho intramolecular Hbond substituents is 2. The van der Waals surface area contributed by atoms with Gasteiger partial charge in [-0.2, -0.15) is 0 Å². The van der Waals surface area contributed by atoms with E-state index in [2.05, 4.69) is 0 Å². The zero-order valence-electron chi connectivity index (χ0n) is 17.0. The zero-order valence-corrected chi connectivity index (χ0v) is 17.0. The minimum Gasteiger partial charge on any atom is -0.508 e. The predicted molar refractivity (Wildman–Crippen MR) is 109 cm³/mol. The lowest BCUT2D eigenvalue weighted by molar-refractivity contribution is -0.140. The highest BCUT2D eigenvalue weighted by Crippen LogP contribution is 2.41. The van der Waals surface area contributed by atoms with Crippen molar-refractivity contribution in [1.29, 1.82) is 0 Å². The summed E-state index contributed by atoms with van der Waals surface area (Å²) in [5.74, 6) is -1.82. The van der Waals surface area contributed by atoms with E-state index in [0.29, 0.717) is 0 Å². The van der Waals surface area contributed by atoms with Gasteiger partial charge in [-0.3, -0.25) is 14.4 Å². The van der Waals surface area contributed by atoms with E-state index in [4.69, 9.17) is 4.42 Å². The second kappa shape index (κ2) is 7.35. The summed E-state index contributed by atoms with van der Waals surface area (Å²) in [6.45, 7) is 7.51. The predicted octanol–water partition coefficient (Wildman–Crippen LogP) is 3.85.